The molecule has 168 valence electrons. The van der Waals surface area contributed by atoms with Crippen molar-refractivity contribution >= 4 is 10.0 Å². The van der Waals surface area contributed by atoms with E-state index in [9.17, 15) is 13.2 Å². The molecule has 0 aliphatic heterocycles. The Morgan fingerprint density at radius 1 is 1.16 bits per heavy atom. The van der Waals surface area contributed by atoms with Crippen LogP contribution >= 0.6 is 0 Å². The lowest BCUT2D eigenvalue weighted by Crippen LogP contribution is -2.30. The number of aryl methyl sites for hydroxylation is 1. The normalized spacial score (nSPS) is 13.6. The van der Waals surface area contributed by atoms with Crippen LogP contribution in [0.3, 0.4) is 0 Å². The third-order valence-corrected chi connectivity index (χ3v) is 7.10. The number of ether oxygens (including phenoxy) is 1. The first kappa shape index (κ1) is 22.2. The molecule has 1 aliphatic rings. The van der Waals surface area contributed by atoms with Gasteiger partial charge in [-0.1, -0.05) is 6.07 Å². The molecule has 0 amide bonds. The number of fused-ring (bicyclic) bond motifs is 1. The number of hydrogen-bond donors (Lipinski definition) is 1. The number of hydrogen-bond acceptors (Lipinski definition) is 6. The summed E-state index contributed by atoms with van der Waals surface area (Å²) in [4.78, 5) is 16.8. The zero-order valence-corrected chi connectivity index (χ0v) is 19.0. The number of rotatable bonds is 7. The summed E-state index contributed by atoms with van der Waals surface area (Å²) in [5, 5.41) is 4.59. The summed E-state index contributed by atoms with van der Waals surface area (Å²) < 4.78 is 35.7. The molecule has 8 nitrogen and oxygen atoms in total. The third-order valence-electron chi connectivity index (χ3n) is 5.68. The highest BCUT2D eigenvalue weighted by atomic mass is 32.2. The highest BCUT2D eigenvalue weighted by Crippen LogP contribution is 2.33. The van der Waals surface area contributed by atoms with Gasteiger partial charge in [0.2, 0.25) is 10.0 Å². The van der Waals surface area contributed by atoms with Crippen LogP contribution in [-0.2, 0) is 36.0 Å². The van der Waals surface area contributed by atoms with Crippen molar-refractivity contribution in [2.45, 2.75) is 50.6 Å². The highest BCUT2D eigenvalue weighted by molar-refractivity contribution is 7.89. The molecule has 4 rings (SSSR count). The number of pyridine rings is 1. The van der Waals surface area contributed by atoms with E-state index in [1.165, 1.54) is 11.8 Å². The molecular weight excluding hydrogens is 428 g/mol. The summed E-state index contributed by atoms with van der Waals surface area (Å²) in [6.07, 6.45) is 6.66. The SMILES string of the molecule is CCn1nc(-c2ccc(OC)c(S(=O)(=O)NCc3cccnc3)c2)c2c(c1=O)CCCC2. The zero-order chi connectivity index (χ0) is 22.7. The van der Waals surface area contributed by atoms with Crippen LogP contribution in [0, 0.1) is 0 Å². The van der Waals surface area contributed by atoms with Crippen molar-refractivity contribution < 1.29 is 13.2 Å². The lowest BCUT2D eigenvalue weighted by Gasteiger charge is -2.20. The number of aromatic nitrogens is 3. The third kappa shape index (κ3) is 4.31. The molecule has 32 heavy (non-hydrogen) atoms. The van der Waals surface area contributed by atoms with Crippen LogP contribution in [0.5, 0.6) is 5.75 Å². The maximum absolute atomic E-state index is 13.1. The van der Waals surface area contributed by atoms with E-state index >= 15 is 0 Å². The van der Waals surface area contributed by atoms with Gasteiger partial charge in [0.15, 0.2) is 0 Å². The quantitative estimate of drug-likeness (QED) is 0.589. The van der Waals surface area contributed by atoms with Gasteiger partial charge in [-0.05, 0) is 68.0 Å². The number of nitrogens with one attached hydrogen (secondary N) is 1. The van der Waals surface area contributed by atoms with Crippen molar-refractivity contribution in [1.29, 1.82) is 0 Å². The summed E-state index contributed by atoms with van der Waals surface area (Å²) in [7, 11) is -2.44. The molecule has 9 heteroatoms. The fourth-order valence-electron chi connectivity index (χ4n) is 4.02. The van der Waals surface area contributed by atoms with Crippen LogP contribution in [0.1, 0.15) is 36.5 Å². The van der Waals surface area contributed by atoms with Gasteiger partial charge in [0.05, 0.1) is 12.8 Å². The minimum absolute atomic E-state index is 0.0296. The van der Waals surface area contributed by atoms with Crippen LogP contribution in [0.4, 0.5) is 0 Å². The van der Waals surface area contributed by atoms with E-state index in [0.29, 0.717) is 17.8 Å². The number of nitrogens with zero attached hydrogens (tertiary/aromatic N) is 3. The van der Waals surface area contributed by atoms with E-state index in [2.05, 4.69) is 14.8 Å². The molecule has 0 atom stereocenters. The van der Waals surface area contributed by atoms with Gasteiger partial charge in [-0.15, -0.1) is 0 Å². The monoisotopic (exact) mass is 454 g/mol. The van der Waals surface area contributed by atoms with Crippen molar-refractivity contribution in [2.24, 2.45) is 0 Å². The van der Waals surface area contributed by atoms with Gasteiger partial charge >= 0.3 is 0 Å². The van der Waals surface area contributed by atoms with Gasteiger partial charge in [0.1, 0.15) is 10.6 Å². The van der Waals surface area contributed by atoms with Gasteiger partial charge in [-0.3, -0.25) is 9.78 Å². The smallest absolute Gasteiger partial charge is 0.270 e. The van der Waals surface area contributed by atoms with Crippen molar-refractivity contribution in [1.82, 2.24) is 19.5 Å². The van der Waals surface area contributed by atoms with E-state index in [4.69, 9.17) is 4.74 Å². The van der Waals surface area contributed by atoms with E-state index in [-0.39, 0.29) is 22.7 Å². The molecule has 0 spiro atoms. The molecular formula is C23H26N4O4S. The summed E-state index contributed by atoms with van der Waals surface area (Å²) in [6, 6.07) is 8.55. The Balaban J connectivity index is 1.78. The van der Waals surface area contributed by atoms with Gasteiger partial charge in [-0.2, -0.15) is 5.10 Å². The average molecular weight is 455 g/mol. The molecule has 2 aromatic heterocycles. The Bertz CT molecular complexity index is 1290. The lowest BCUT2D eigenvalue weighted by atomic mass is 9.90. The van der Waals surface area contributed by atoms with Crippen molar-refractivity contribution in [3.8, 4) is 17.0 Å². The fourth-order valence-corrected chi connectivity index (χ4v) is 5.23. The van der Waals surface area contributed by atoms with Crippen LogP contribution in [0.2, 0.25) is 0 Å². The number of methoxy groups -OCH3 is 1. The molecule has 1 aromatic carbocycles. The highest BCUT2D eigenvalue weighted by Gasteiger charge is 2.24. The second-order valence-corrected chi connectivity index (χ2v) is 9.42. The van der Waals surface area contributed by atoms with Crippen molar-refractivity contribution in [2.75, 3.05) is 7.11 Å². The minimum Gasteiger partial charge on any atom is -0.495 e. The average Bonchev–Trinajstić information content (AvgIpc) is 2.83. The topological polar surface area (TPSA) is 103 Å². The van der Waals surface area contributed by atoms with Crippen LogP contribution in [0.15, 0.2) is 52.4 Å². The molecule has 0 fully saturated rings. The molecule has 0 bridgehead atoms. The van der Waals surface area contributed by atoms with Gasteiger partial charge in [0.25, 0.3) is 5.56 Å². The maximum atomic E-state index is 13.1. The molecule has 0 unspecified atom stereocenters. The second-order valence-electron chi connectivity index (χ2n) is 7.69. The molecule has 1 N–H and O–H groups in total. The molecule has 3 aromatic rings. The molecule has 0 radical (unpaired) electrons. The molecule has 2 heterocycles. The Kier molecular flexibility index (Phi) is 6.38. The Hall–Kier alpha value is -3.04. The molecule has 0 saturated heterocycles. The second kappa shape index (κ2) is 9.22. The van der Waals surface area contributed by atoms with E-state index in [1.807, 2.05) is 6.92 Å². The Morgan fingerprint density at radius 2 is 1.94 bits per heavy atom. The van der Waals surface area contributed by atoms with Gasteiger partial charge in [-0.25, -0.2) is 17.8 Å². The standard InChI is InChI=1S/C23H26N4O4S/c1-3-27-23(28)19-9-5-4-8-18(19)22(26-27)17-10-11-20(31-2)21(13-17)32(29,30)25-15-16-7-6-12-24-14-16/h6-7,10-14,25H,3-5,8-9,15H2,1-2H3. The predicted molar refractivity (Wildman–Crippen MR) is 121 cm³/mol. The summed E-state index contributed by atoms with van der Waals surface area (Å²) in [6.45, 7) is 2.44. The maximum Gasteiger partial charge on any atom is 0.270 e. The van der Waals surface area contributed by atoms with Gasteiger partial charge in [0, 0.05) is 36.6 Å². The van der Waals surface area contributed by atoms with Crippen molar-refractivity contribution in [3.63, 3.8) is 0 Å². The van der Waals surface area contributed by atoms with E-state index in [0.717, 1.165) is 42.4 Å². The summed E-state index contributed by atoms with van der Waals surface area (Å²) >= 11 is 0. The first-order chi connectivity index (χ1) is 15.4. The van der Waals surface area contributed by atoms with Crippen LogP contribution < -0.4 is 15.0 Å². The Morgan fingerprint density at radius 3 is 2.62 bits per heavy atom. The molecule has 0 saturated carbocycles. The first-order valence-corrected chi connectivity index (χ1v) is 12.1. The first-order valence-electron chi connectivity index (χ1n) is 10.6. The van der Waals surface area contributed by atoms with E-state index in [1.54, 1.807) is 42.7 Å². The van der Waals surface area contributed by atoms with Crippen LogP contribution in [0.25, 0.3) is 11.3 Å². The van der Waals surface area contributed by atoms with E-state index < -0.39 is 10.0 Å². The van der Waals surface area contributed by atoms with Crippen LogP contribution in [-0.4, -0.2) is 30.3 Å². The predicted octanol–water partition coefficient (Wildman–Crippen LogP) is 2.69. The minimum atomic E-state index is -3.88. The van der Waals surface area contributed by atoms with Crippen molar-refractivity contribution in [3.05, 3.63) is 69.8 Å². The zero-order valence-electron chi connectivity index (χ0n) is 18.2. The summed E-state index contributed by atoms with van der Waals surface area (Å²) in [5.74, 6) is 0.241. The Labute approximate surface area is 187 Å². The number of benzene rings is 1. The number of sulfonamides is 1. The largest absolute Gasteiger partial charge is 0.495 e. The summed E-state index contributed by atoms with van der Waals surface area (Å²) in [5.41, 5.74) is 3.71. The fraction of sp³-hybridized carbons (Fsp3) is 0.348. The molecule has 1 aliphatic carbocycles. The lowest BCUT2D eigenvalue weighted by molar-refractivity contribution is 0.402. The van der Waals surface area contributed by atoms with Gasteiger partial charge < -0.3 is 4.74 Å².